The number of carbonyl (C=O) groups is 1. The maximum Gasteiger partial charge on any atom is 0.253 e. The molecule has 158 valence electrons. The first-order valence-electron chi connectivity index (χ1n) is 9.38. The number of nitrogens with zero attached hydrogens (tertiary/aromatic N) is 3. The van der Waals surface area contributed by atoms with Gasteiger partial charge in [-0.1, -0.05) is 24.3 Å². The lowest BCUT2D eigenvalue weighted by atomic mass is 10.1. The van der Waals surface area contributed by atoms with Crippen LogP contribution in [0.5, 0.6) is 5.75 Å². The highest BCUT2D eigenvalue weighted by Gasteiger charge is 2.09. The van der Waals surface area contributed by atoms with Crippen LogP contribution in [0.15, 0.2) is 53.5 Å². The number of amides is 1. The number of ether oxygens (including phenoxy) is 1. The van der Waals surface area contributed by atoms with E-state index < -0.39 is 0 Å². The normalized spacial score (nSPS) is 10.7. The second kappa shape index (κ2) is 12.3. The molecule has 0 saturated heterocycles. The Kier molecular flexibility index (Phi) is 10.5. The molecular formula is C22H31IN4O2. The van der Waals surface area contributed by atoms with Gasteiger partial charge in [-0.3, -0.25) is 9.79 Å². The van der Waals surface area contributed by atoms with Crippen LogP contribution >= 0.6 is 24.0 Å². The quantitative estimate of drug-likeness (QED) is 0.352. The van der Waals surface area contributed by atoms with Crippen molar-refractivity contribution < 1.29 is 9.53 Å². The summed E-state index contributed by atoms with van der Waals surface area (Å²) in [6.07, 6.45) is 0. The number of halogens is 1. The van der Waals surface area contributed by atoms with Crippen molar-refractivity contribution in [2.75, 3.05) is 34.8 Å². The maximum absolute atomic E-state index is 12.0. The number of carbonyl (C=O) groups excluding carboxylic acids is 1. The molecule has 6 nitrogen and oxygen atoms in total. The highest BCUT2D eigenvalue weighted by atomic mass is 127. The third kappa shape index (κ3) is 7.56. The van der Waals surface area contributed by atoms with Crippen molar-refractivity contribution >= 4 is 35.8 Å². The van der Waals surface area contributed by atoms with Gasteiger partial charge in [-0.2, -0.15) is 0 Å². The van der Waals surface area contributed by atoms with E-state index in [1.807, 2.05) is 50.4 Å². The van der Waals surface area contributed by atoms with E-state index >= 15 is 0 Å². The lowest BCUT2D eigenvalue weighted by molar-refractivity contribution is 0.0827. The van der Waals surface area contributed by atoms with Crippen molar-refractivity contribution in [2.24, 2.45) is 4.99 Å². The van der Waals surface area contributed by atoms with Crippen molar-refractivity contribution in [3.05, 3.63) is 65.2 Å². The molecule has 0 aliphatic heterocycles. The predicted molar refractivity (Wildman–Crippen MR) is 129 cm³/mol. The van der Waals surface area contributed by atoms with E-state index in [-0.39, 0.29) is 29.9 Å². The second-order valence-electron chi connectivity index (χ2n) is 6.73. The number of hydrogen-bond donors (Lipinski definition) is 1. The Hall–Kier alpha value is -2.29. The standard InChI is InChI=1S/C22H30N4O2.HI/c1-6-28-20-13-9-18(10-14-20)16-26(5)22(23-2)24-15-17-7-11-19(12-8-17)21(27)25(3)4;/h7-14H,6,15-16H2,1-5H3,(H,23,24);1H. The summed E-state index contributed by atoms with van der Waals surface area (Å²) in [7, 11) is 7.28. The molecule has 0 saturated carbocycles. The van der Waals surface area contributed by atoms with Crippen molar-refractivity contribution in [1.29, 1.82) is 0 Å². The van der Waals surface area contributed by atoms with Crippen LogP contribution in [0, 0.1) is 0 Å². The molecule has 2 rings (SSSR count). The molecule has 0 bridgehead atoms. The minimum atomic E-state index is 0. The van der Waals surface area contributed by atoms with Crippen molar-refractivity contribution in [1.82, 2.24) is 15.1 Å². The van der Waals surface area contributed by atoms with E-state index in [1.165, 1.54) is 5.56 Å². The van der Waals surface area contributed by atoms with Crippen LogP contribution in [0.2, 0.25) is 0 Å². The zero-order valence-electron chi connectivity index (χ0n) is 17.8. The lowest BCUT2D eigenvalue weighted by Gasteiger charge is -2.22. The number of nitrogens with one attached hydrogen (secondary N) is 1. The van der Waals surface area contributed by atoms with Crippen molar-refractivity contribution in [3.8, 4) is 5.75 Å². The van der Waals surface area contributed by atoms with Gasteiger partial charge in [0.25, 0.3) is 5.91 Å². The van der Waals surface area contributed by atoms with E-state index in [2.05, 4.69) is 27.3 Å². The second-order valence-corrected chi connectivity index (χ2v) is 6.73. The fourth-order valence-electron chi connectivity index (χ4n) is 2.80. The molecule has 0 heterocycles. The molecule has 0 spiro atoms. The molecule has 7 heteroatoms. The van der Waals surface area contributed by atoms with Gasteiger partial charge in [0, 0.05) is 46.8 Å². The molecule has 0 radical (unpaired) electrons. The van der Waals surface area contributed by atoms with Crippen LogP contribution in [0.3, 0.4) is 0 Å². The molecule has 2 aromatic rings. The van der Waals surface area contributed by atoms with Crippen molar-refractivity contribution in [2.45, 2.75) is 20.0 Å². The Balaban J connectivity index is 0.00000420. The summed E-state index contributed by atoms with van der Waals surface area (Å²) in [5.41, 5.74) is 2.96. The van der Waals surface area contributed by atoms with Gasteiger partial charge < -0.3 is 19.9 Å². The molecule has 29 heavy (non-hydrogen) atoms. The Morgan fingerprint density at radius 2 is 1.59 bits per heavy atom. The Morgan fingerprint density at radius 1 is 1.00 bits per heavy atom. The van der Waals surface area contributed by atoms with E-state index in [4.69, 9.17) is 4.74 Å². The Labute approximate surface area is 191 Å². The van der Waals surface area contributed by atoms with Crippen LogP contribution in [-0.4, -0.2) is 56.5 Å². The summed E-state index contributed by atoms with van der Waals surface area (Å²) in [5, 5.41) is 3.36. The average Bonchev–Trinajstić information content (AvgIpc) is 2.70. The first-order valence-corrected chi connectivity index (χ1v) is 9.38. The van der Waals surface area contributed by atoms with Crippen molar-refractivity contribution in [3.63, 3.8) is 0 Å². The van der Waals surface area contributed by atoms with Gasteiger partial charge in [-0.15, -0.1) is 24.0 Å². The van der Waals surface area contributed by atoms with Gasteiger partial charge in [0.1, 0.15) is 5.75 Å². The fourth-order valence-corrected chi connectivity index (χ4v) is 2.80. The maximum atomic E-state index is 12.0. The van der Waals surface area contributed by atoms with E-state index in [9.17, 15) is 4.79 Å². The zero-order valence-corrected chi connectivity index (χ0v) is 20.1. The van der Waals surface area contributed by atoms with Crippen LogP contribution < -0.4 is 10.1 Å². The minimum absolute atomic E-state index is 0. The summed E-state index contributed by atoms with van der Waals surface area (Å²) in [4.78, 5) is 20.0. The number of benzene rings is 2. The van der Waals surface area contributed by atoms with Gasteiger partial charge in [-0.25, -0.2) is 0 Å². The predicted octanol–water partition coefficient (Wildman–Crippen LogP) is 3.61. The zero-order chi connectivity index (χ0) is 20.5. The Morgan fingerprint density at radius 3 is 2.10 bits per heavy atom. The number of guanidine groups is 1. The number of rotatable bonds is 7. The molecule has 0 aliphatic carbocycles. The monoisotopic (exact) mass is 510 g/mol. The number of aliphatic imine (C=N–C) groups is 1. The van der Waals surface area contributed by atoms with Crippen LogP contribution in [-0.2, 0) is 13.1 Å². The molecule has 2 aromatic carbocycles. The summed E-state index contributed by atoms with van der Waals surface area (Å²) in [6, 6.07) is 15.7. The van der Waals surface area contributed by atoms with Crippen LogP contribution in [0.4, 0.5) is 0 Å². The molecule has 1 N–H and O–H groups in total. The summed E-state index contributed by atoms with van der Waals surface area (Å²) in [6.45, 7) is 4.02. The van der Waals surface area contributed by atoms with Gasteiger partial charge in [-0.05, 0) is 42.3 Å². The first-order chi connectivity index (χ1) is 13.4. The largest absolute Gasteiger partial charge is 0.494 e. The molecule has 0 aromatic heterocycles. The highest BCUT2D eigenvalue weighted by Crippen LogP contribution is 2.13. The molecule has 0 aliphatic rings. The fraction of sp³-hybridized carbons (Fsp3) is 0.364. The molecule has 0 fully saturated rings. The van der Waals surface area contributed by atoms with Gasteiger partial charge >= 0.3 is 0 Å². The van der Waals surface area contributed by atoms with Gasteiger partial charge in [0.15, 0.2) is 5.96 Å². The van der Waals surface area contributed by atoms with E-state index in [1.54, 1.807) is 26.0 Å². The highest BCUT2D eigenvalue weighted by molar-refractivity contribution is 14.0. The van der Waals surface area contributed by atoms with Gasteiger partial charge in [0.2, 0.25) is 0 Å². The third-order valence-corrected chi connectivity index (χ3v) is 4.29. The first kappa shape index (κ1) is 24.7. The SMILES string of the molecule is CCOc1ccc(CN(C)C(=NC)NCc2ccc(C(=O)N(C)C)cc2)cc1.I. The number of hydrogen-bond acceptors (Lipinski definition) is 3. The lowest BCUT2D eigenvalue weighted by Crippen LogP contribution is -2.38. The van der Waals surface area contributed by atoms with Crippen LogP contribution in [0.25, 0.3) is 0 Å². The topological polar surface area (TPSA) is 57.2 Å². The van der Waals surface area contributed by atoms with Gasteiger partial charge in [0.05, 0.1) is 6.61 Å². The smallest absolute Gasteiger partial charge is 0.253 e. The summed E-state index contributed by atoms with van der Waals surface area (Å²) < 4.78 is 5.48. The van der Waals surface area contributed by atoms with E-state index in [0.29, 0.717) is 18.7 Å². The van der Waals surface area contributed by atoms with E-state index in [0.717, 1.165) is 23.8 Å². The minimum Gasteiger partial charge on any atom is -0.494 e. The molecule has 1 amide bonds. The average molecular weight is 510 g/mol. The summed E-state index contributed by atoms with van der Waals surface area (Å²) in [5.74, 6) is 1.69. The molecule has 0 unspecified atom stereocenters. The Bertz CT molecular complexity index is 789. The molecular weight excluding hydrogens is 479 g/mol. The van der Waals surface area contributed by atoms with Crippen LogP contribution in [0.1, 0.15) is 28.4 Å². The molecule has 0 atom stereocenters. The summed E-state index contributed by atoms with van der Waals surface area (Å²) >= 11 is 0. The third-order valence-electron chi connectivity index (χ3n) is 4.29.